The molecule has 2 aromatic carbocycles. The molecule has 0 unspecified atom stereocenters. The predicted molar refractivity (Wildman–Crippen MR) is 82.2 cm³/mol. The van der Waals surface area contributed by atoms with Gasteiger partial charge in [0.1, 0.15) is 5.75 Å². The fraction of sp³-hybridized carbons (Fsp3) is 0.188. The summed E-state index contributed by atoms with van der Waals surface area (Å²) in [7, 11) is 1.60. The average Bonchev–Trinajstić information content (AvgIpc) is 2.41. The van der Waals surface area contributed by atoms with E-state index >= 15 is 0 Å². The Morgan fingerprint density at radius 2 is 1.90 bits per heavy atom. The summed E-state index contributed by atoms with van der Waals surface area (Å²) in [5.74, 6) is 0.762. The van der Waals surface area contributed by atoms with Crippen molar-refractivity contribution >= 4 is 29.0 Å². The van der Waals surface area contributed by atoms with E-state index in [-0.39, 0.29) is 12.2 Å². The van der Waals surface area contributed by atoms with E-state index in [1.807, 2.05) is 13.0 Å². The summed E-state index contributed by atoms with van der Waals surface area (Å²) in [5, 5.41) is 1.07. The second-order valence-corrected chi connectivity index (χ2v) is 5.36. The summed E-state index contributed by atoms with van der Waals surface area (Å²) in [6.07, 6.45) is 0.253. The fourth-order valence-electron chi connectivity index (χ4n) is 2.01. The van der Waals surface area contributed by atoms with Crippen LogP contribution in [0.1, 0.15) is 21.5 Å². The number of ether oxygens (including phenoxy) is 1. The van der Waals surface area contributed by atoms with Gasteiger partial charge in [-0.15, -0.1) is 0 Å². The normalized spacial score (nSPS) is 10.4. The number of carbonyl (C=O) groups is 1. The summed E-state index contributed by atoms with van der Waals surface area (Å²) in [4.78, 5) is 12.3. The van der Waals surface area contributed by atoms with Gasteiger partial charge in [0.05, 0.1) is 7.11 Å². The van der Waals surface area contributed by atoms with Crippen molar-refractivity contribution < 1.29 is 9.53 Å². The van der Waals surface area contributed by atoms with Crippen molar-refractivity contribution in [1.82, 2.24) is 0 Å². The van der Waals surface area contributed by atoms with Gasteiger partial charge in [0.25, 0.3) is 0 Å². The number of carbonyl (C=O) groups excluding carboxylic acids is 1. The molecule has 0 heterocycles. The van der Waals surface area contributed by atoms with Crippen LogP contribution >= 0.6 is 23.2 Å². The molecular formula is C16H14Cl2O2. The lowest BCUT2D eigenvalue weighted by Gasteiger charge is -2.08. The zero-order chi connectivity index (χ0) is 14.7. The molecule has 4 heteroatoms. The molecule has 0 atom stereocenters. The highest BCUT2D eigenvalue weighted by Crippen LogP contribution is 2.24. The number of aryl methyl sites for hydroxylation is 1. The molecule has 2 nitrogen and oxygen atoms in total. The van der Waals surface area contributed by atoms with Crippen LogP contribution in [0.3, 0.4) is 0 Å². The third-order valence-electron chi connectivity index (χ3n) is 3.10. The van der Waals surface area contributed by atoms with Gasteiger partial charge in [-0.25, -0.2) is 0 Å². The molecule has 0 amide bonds. The monoisotopic (exact) mass is 308 g/mol. The Balaban J connectivity index is 2.24. The van der Waals surface area contributed by atoms with Gasteiger partial charge in [-0.3, -0.25) is 4.79 Å². The summed E-state index contributed by atoms with van der Waals surface area (Å²) >= 11 is 11.9. The number of rotatable bonds is 4. The Bertz CT molecular complexity index is 651. The van der Waals surface area contributed by atoms with Gasteiger partial charge in [0.2, 0.25) is 0 Å². The standard InChI is InChI=1S/C16H14Cl2O2/c1-10-7-13(20-2)5-6-14(10)16(19)8-11-3-4-12(17)9-15(11)18/h3-7,9H,8H2,1-2H3. The minimum absolute atomic E-state index is 0.0226. The summed E-state index contributed by atoms with van der Waals surface area (Å²) < 4.78 is 5.13. The first-order valence-electron chi connectivity index (χ1n) is 6.13. The predicted octanol–water partition coefficient (Wildman–Crippen LogP) is 4.74. The molecule has 20 heavy (non-hydrogen) atoms. The minimum atomic E-state index is 0.0226. The molecule has 0 bridgehead atoms. The quantitative estimate of drug-likeness (QED) is 0.763. The molecule has 0 saturated heterocycles. The SMILES string of the molecule is COc1ccc(C(=O)Cc2ccc(Cl)cc2Cl)c(C)c1. The molecular weight excluding hydrogens is 295 g/mol. The van der Waals surface area contributed by atoms with Gasteiger partial charge in [-0.05, 0) is 48.4 Å². The van der Waals surface area contributed by atoms with Crippen LogP contribution in [0.4, 0.5) is 0 Å². The lowest BCUT2D eigenvalue weighted by atomic mass is 9.99. The van der Waals surface area contributed by atoms with E-state index in [0.29, 0.717) is 15.6 Å². The first kappa shape index (κ1) is 14.9. The van der Waals surface area contributed by atoms with Gasteiger partial charge in [0.15, 0.2) is 5.78 Å². The van der Waals surface area contributed by atoms with Crippen molar-refractivity contribution in [2.45, 2.75) is 13.3 Å². The van der Waals surface area contributed by atoms with E-state index in [0.717, 1.165) is 16.9 Å². The third kappa shape index (κ3) is 3.33. The molecule has 0 spiro atoms. The largest absolute Gasteiger partial charge is 0.497 e. The van der Waals surface area contributed by atoms with Crippen LogP contribution in [-0.2, 0) is 6.42 Å². The number of methoxy groups -OCH3 is 1. The van der Waals surface area contributed by atoms with Crippen LogP contribution in [0, 0.1) is 6.92 Å². The smallest absolute Gasteiger partial charge is 0.167 e. The highest BCUT2D eigenvalue weighted by Gasteiger charge is 2.12. The van der Waals surface area contributed by atoms with Gasteiger partial charge in [-0.2, -0.15) is 0 Å². The van der Waals surface area contributed by atoms with Crippen molar-refractivity contribution in [3.05, 3.63) is 63.1 Å². The molecule has 0 aromatic heterocycles. The van der Waals surface area contributed by atoms with E-state index < -0.39 is 0 Å². The molecule has 2 rings (SSSR count). The minimum Gasteiger partial charge on any atom is -0.497 e. The summed E-state index contributed by atoms with van der Waals surface area (Å²) in [6.45, 7) is 1.89. The van der Waals surface area contributed by atoms with Crippen molar-refractivity contribution in [3.63, 3.8) is 0 Å². The van der Waals surface area contributed by atoms with Crippen molar-refractivity contribution in [2.24, 2.45) is 0 Å². The Labute approximate surface area is 128 Å². The topological polar surface area (TPSA) is 26.3 Å². The second kappa shape index (κ2) is 6.29. The molecule has 0 aliphatic heterocycles. The van der Waals surface area contributed by atoms with Crippen LogP contribution in [0.25, 0.3) is 0 Å². The third-order valence-corrected chi connectivity index (χ3v) is 3.69. The first-order chi connectivity index (χ1) is 9.51. The molecule has 0 aliphatic rings. The highest BCUT2D eigenvalue weighted by atomic mass is 35.5. The number of Topliss-reactive ketones (excluding diaryl/α,β-unsaturated/α-hetero) is 1. The summed E-state index contributed by atoms with van der Waals surface area (Å²) in [6, 6.07) is 10.6. The molecule has 2 aromatic rings. The Morgan fingerprint density at radius 3 is 2.50 bits per heavy atom. The average molecular weight is 309 g/mol. The number of benzene rings is 2. The van der Waals surface area contributed by atoms with Crippen LogP contribution in [0.2, 0.25) is 10.0 Å². The molecule has 0 saturated carbocycles. The van der Waals surface area contributed by atoms with Crippen molar-refractivity contribution in [1.29, 1.82) is 0 Å². The van der Waals surface area contributed by atoms with Gasteiger partial charge >= 0.3 is 0 Å². The van der Waals surface area contributed by atoms with Crippen molar-refractivity contribution in [2.75, 3.05) is 7.11 Å². The molecule has 0 fully saturated rings. The molecule has 0 aliphatic carbocycles. The van der Waals surface area contributed by atoms with Crippen LogP contribution in [0.5, 0.6) is 5.75 Å². The molecule has 0 radical (unpaired) electrons. The number of hydrogen-bond acceptors (Lipinski definition) is 2. The van der Waals surface area contributed by atoms with Crippen molar-refractivity contribution in [3.8, 4) is 5.75 Å². The zero-order valence-electron chi connectivity index (χ0n) is 11.2. The lowest BCUT2D eigenvalue weighted by Crippen LogP contribution is -2.06. The maximum Gasteiger partial charge on any atom is 0.167 e. The Hall–Kier alpha value is -1.51. The van der Waals surface area contributed by atoms with Crippen LogP contribution in [0.15, 0.2) is 36.4 Å². The highest BCUT2D eigenvalue weighted by molar-refractivity contribution is 6.35. The van der Waals surface area contributed by atoms with Gasteiger partial charge in [0, 0.05) is 22.0 Å². The van der Waals surface area contributed by atoms with Gasteiger partial charge in [-0.1, -0.05) is 29.3 Å². The zero-order valence-corrected chi connectivity index (χ0v) is 12.8. The number of ketones is 1. The van der Waals surface area contributed by atoms with Gasteiger partial charge < -0.3 is 4.74 Å². The number of hydrogen-bond donors (Lipinski definition) is 0. The van der Waals surface area contributed by atoms with E-state index in [4.69, 9.17) is 27.9 Å². The van der Waals surface area contributed by atoms with Crippen LogP contribution < -0.4 is 4.74 Å². The maximum atomic E-state index is 12.3. The maximum absolute atomic E-state index is 12.3. The number of halogens is 2. The van der Waals surface area contributed by atoms with Crippen LogP contribution in [-0.4, -0.2) is 12.9 Å². The van der Waals surface area contributed by atoms with E-state index in [2.05, 4.69) is 0 Å². The van der Waals surface area contributed by atoms with E-state index in [1.165, 1.54) is 0 Å². The second-order valence-electron chi connectivity index (χ2n) is 4.52. The summed E-state index contributed by atoms with van der Waals surface area (Å²) in [5.41, 5.74) is 2.34. The molecule has 0 N–H and O–H groups in total. The first-order valence-corrected chi connectivity index (χ1v) is 6.88. The molecule has 104 valence electrons. The van der Waals surface area contributed by atoms with E-state index in [1.54, 1.807) is 37.4 Å². The fourth-order valence-corrected chi connectivity index (χ4v) is 2.48. The Morgan fingerprint density at radius 1 is 1.15 bits per heavy atom. The lowest BCUT2D eigenvalue weighted by molar-refractivity contribution is 0.0992. The van der Waals surface area contributed by atoms with E-state index in [9.17, 15) is 4.79 Å². The Kier molecular flexibility index (Phi) is 4.69.